The Labute approximate surface area is 188 Å². The number of carboxylic acid groups (broad SMARTS) is 2. The van der Waals surface area contributed by atoms with Crippen LogP contribution in [0, 0.1) is 11.8 Å². The number of thiol groups is 2. The molecule has 0 spiro atoms. The summed E-state index contributed by atoms with van der Waals surface area (Å²) in [6.07, 6.45) is 6.99. The van der Waals surface area contributed by atoms with Crippen molar-refractivity contribution in [3.05, 3.63) is 0 Å². The predicted octanol–water partition coefficient (Wildman–Crippen LogP) is 3.29. The van der Waals surface area contributed by atoms with Crippen LogP contribution < -0.4 is 10.2 Å². The van der Waals surface area contributed by atoms with Crippen molar-refractivity contribution in [2.24, 2.45) is 11.8 Å². The molecule has 0 saturated heterocycles. The molecule has 2 atom stereocenters. The van der Waals surface area contributed by atoms with E-state index in [9.17, 15) is 19.8 Å². The molecule has 0 rings (SSSR count). The molecule has 0 aliphatic heterocycles. The van der Waals surface area contributed by atoms with E-state index in [0.717, 1.165) is 0 Å². The van der Waals surface area contributed by atoms with Gasteiger partial charge < -0.3 is 19.8 Å². The zero-order valence-corrected chi connectivity index (χ0v) is 22.6. The van der Waals surface area contributed by atoms with Gasteiger partial charge in [0.2, 0.25) is 0 Å². The van der Waals surface area contributed by atoms with E-state index in [2.05, 4.69) is 39.1 Å². The van der Waals surface area contributed by atoms with E-state index in [0.29, 0.717) is 24.7 Å². The molecule has 0 aromatic heterocycles. The standard InChI is InChI=1S/2C6H12O2S.2C4H9.Sn/c2*1-4(2)3-5(9)6(7)8;2*1-3-4-2;/h2*4-5,9H,3H2,1-2H3,(H,7,8);2*1,3-4H2,2H3;/q;;;;+2/p-2. The van der Waals surface area contributed by atoms with E-state index in [1.54, 1.807) is 8.87 Å². The second kappa shape index (κ2) is 22.7. The van der Waals surface area contributed by atoms with Gasteiger partial charge in [-0.1, -0.05) is 27.7 Å². The van der Waals surface area contributed by atoms with Crippen molar-refractivity contribution in [3.8, 4) is 0 Å². The molecule has 0 aromatic rings. The van der Waals surface area contributed by atoms with Crippen molar-refractivity contribution in [1.29, 1.82) is 0 Å². The quantitative estimate of drug-likeness (QED) is 0.232. The molecule has 0 amide bonds. The summed E-state index contributed by atoms with van der Waals surface area (Å²) >= 11 is 7.75. The van der Waals surface area contributed by atoms with Crippen LogP contribution in [0.3, 0.4) is 0 Å². The van der Waals surface area contributed by atoms with Crippen LogP contribution >= 0.6 is 25.3 Å². The minimum atomic E-state index is -1.08. The summed E-state index contributed by atoms with van der Waals surface area (Å²) in [5, 5.41) is 18.9. The van der Waals surface area contributed by atoms with Crippen molar-refractivity contribution < 1.29 is 19.8 Å². The van der Waals surface area contributed by atoms with Gasteiger partial charge in [0, 0.05) is 10.5 Å². The first-order chi connectivity index (χ1) is 12.5. The summed E-state index contributed by atoms with van der Waals surface area (Å²) in [5.41, 5.74) is 0. The van der Waals surface area contributed by atoms with E-state index in [-0.39, 0.29) is 21.1 Å². The van der Waals surface area contributed by atoms with E-state index >= 15 is 0 Å². The topological polar surface area (TPSA) is 80.3 Å². The predicted molar refractivity (Wildman–Crippen MR) is 120 cm³/mol. The van der Waals surface area contributed by atoms with Crippen LogP contribution in [0.4, 0.5) is 0 Å². The Balaban J connectivity index is -0.000000320. The van der Waals surface area contributed by atoms with Gasteiger partial charge in [0.1, 0.15) is 0 Å². The first kappa shape index (κ1) is 32.1. The van der Waals surface area contributed by atoms with Crippen LogP contribution in [0.5, 0.6) is 0 Å². The van der Waals surface area contributed by atoms with Crippen LogP contribution in [-0.4, -0.2) is 43.6 Å². The number of rotatable bonds is 12. The third-order valence-electron chi connectivity index (χ3n) is 3.35. The van der Waals surface area contributed by atoms with Gasteiger partial charge in [0.25, 0.3) is 0 Å². The summed E-state index contributed by atoms with van der Waals surface area (Å²) in [4.78, 5) is 20.1. The van der Waals surface area contributed by atoms with Crippen LogP contribution in [0.15, 0.2) is 0 Å². The van der Waals surface area contributed by atoms with E-state index in [1.807, 2.05) is 27.7 Å². The van der Waals surface area contributed by atoms with Gasteiger partial charge in [0.15, 0.2) is 0 Å². The number of aliphatic carboxylic acids is 2. The number of hydrogen-bond acceptors (Lipinski definition) is 6. The van der Waals surface area contributed by atoms with Gasteiger partial charge >= 0.3 is 69.5 Å². The summed E-state index contributed by atoms with van der Waals surface area (Å²) in [6.45, 7) is 12.4. The van der Waals surface area contributed by atoms with E-state index < -0.39 is 22.4 Å². The van der Waals surface area contributed by atoms with E-state index in [4.69, 9.17) is 0 Å². The van der Waals surface area contributed by atoms with Crippen molar-refractivity contribution in [2.45, 2.75) is 99.4 Å². The van der Waals surface area contributed by atoms with Crippen molar-refractivity contribution in [3.63, 3.8) is 0 Å². The number of carbonyl (C=O) groups is 2. The molecule has 4 nitrogen and oxygen atoms in total. The summed E-state index contributed by atoms with van der Waals surface area (Å²) < 4.78 is 3.25. The molecule has 0 radical (unpaired) electrons. The average molecular weight is 527 g/mol. The zero-order chi connectivity index (χ0) is 21.8. The third kappa shape index (κ3) is 31.4. The Kier molecular flexibility index (Phi) is 27.0. The molecule has 7 heteroatoms. The van der Waals surface area contributed by atoms with Crippen LogP contribution in [-0.2, 0) is 9.59 Å². The number of carbonyl (C=O) groups excluding carboxylic acids is 2. The van der Waals surface area contributed by atoms with Gasteiger partial charge in [-0.3, -0.25) is 0 Å². The molecule has 0 aliphatic carbocycles. The van der Waals surface area contributed by atoms with Gasteiger partial charge in [-0.25, -0.2) is 0 Å². The van der Waals surface area contributed by atoms with Gasteiger partial charge in [-0.05, 0) is 24.7 Å². The molecule has 0 bridgehead atoms. The van der Waals surface area contributed by atoms with Gasteiger partial charge in [-0.2, -0.15) is 25.3 Å². The molecule has 0 fully saturated rings. The van der Waals surface area contributed by atoms with E-state index in [1.165, 1.54) is 25.7 Å². The Morgan fingerprint density at radius 3 is 1.22 bits per heavy atom. The molecule has 0 saturated carbocycles. The zero-order valence-electron chi connectivity index (χ0n) is 18.0. The minimum absolute atomic E-state index is 0.149. The average Bonchev–Trinajstić information content (AvgIpc) is 2.54. The molecular formula is C20H40O4S2Sn. The molecule has 0 aliphatic rings. The fraction of sp³-hybridized carbons (Fsp3) is 0.900. The fourth-order valence-corrected chi connectivity index (χ4v) is 6.82. The van der Waals surface area contributed by atoms with Crippen LogP contribution in [0.25, 0.3) is 0 Å². The van der Waals surface area contributed by atoms with Crippen LogP contribution in [0.1, 0.15) is 80.1 Å². The molecule has 27 heavy (non-hydrogen) atoms. The van der Waals surface area contributed by atoms with Gasteiger partial charge in [-0.15, -0.1) is 0 Å². The summed E-state index contributed by atoms with van der Waals surface area (Å²) in [6, 6.07) is 0. The molecule has 160 valence electrons. The van der Waals surface area contributed by atoms with Gasteiger partial charge in [0.05, 0.1) is 11.9 Å². The summed E-state index contributed by atoms with van der Waals surface area (Å²) in [5.74, 6) is -1.42. The number of hydrogen-bond donors (Lipinski definition) is 2. The first-order valence-electron chi connectivity index (χ1n) is 9.97. The third-order valence-corrected chi connectivity index (χ3v) is 8.23. The molecule has 0 N–H and O–H groups in total. The van der Waals surface area contributed by atoms with Crippen LogP contribution in [0.2, 0.25) is 8.87 Å². The Bertz CT molecular complexity index is 321. The Morgan fingerprint density at radius 2 is 1.07 bits per heavy atom. The number of carboxylic acids is 2. The molecule has 0 heterocycles. The maximum absolute atomic E-state index is 10.0. The van der Waals surface area contributed by atoms with Crippen molar-refractivity contribution >= 4 is 58.3 Å². The van der Waals surface area contributed by atoms with Crippen molar-refractivity contribution in [2.75, 3.05) is 0 Å². The molecule has 2 unspecified atom stereocenters. The monoisotopic (exact) mass is 528 g/mol. The fourth-order valence-electron chi connectivity index (χ4n) is 1.81. The molecule has 0 aromatic carbocycles. The number of unbranched alkanes of at least 4 members (excludes halogenated alkanes) is 2. The molecular weight excluding hydrogens is 487 g/mol. The normalized spacial score (nSPS) is 12.2. The Morgan fingerprint density at radius 1 is 0.778 bits per heavy atom. The summed E-state index contributed by atoms with van der Waals surface area (Å²) in [7, 11) is 0. The van der Waals surface area contributed by atoms with Crippen molar-refractivity contribution in [1.82, 2.24) is 0 Å². The SMILES string of the molecule is CC(C)CC(S)C(=O)[O-].CC(C)CC(S)C(=O)[O-].CCC[CH2][Sn+2][CH2]CCC. The Hall–Kier alpha value is 0.439. The first-order valence-corrected chi connectivity index (χ1v) is 15.0. The second-order valence-electron chi connectivity index (χ2n) is 7.39. The second-order valence-corrected chi connectivity index (χ2v) is 12.9. The maximum atomic E-state index is 10.0.